The number of ketones is 2. The van der Waals surface area contributed by atoms with Crippen LogP contribution in [0.3, 0.4) is 0 Å². The van der Waals surface area contributed by atoms with Crippen LogP contribution in [0, 0.1) is 5.92 Å². The van der Waals surface area contributed by atoms with Gasteiger partial charge in [0.2, 0.25) is 5.78 Å². The second-order valence-corrected chi connectivity index (χ2v) is 9.71. The van der Waals surface area contributed by atoms with E-state index in [1.807, 2.05) is 45.9 Å². The van der Waals surface area contributed by atoms with E-state index in [0.717, 1.165) is 11.1 Å². The van der Waals surface area contributed by atoms with Crippen molar-refractivity contribution in [2.45, 2.75) is 45.6 Å². The summed E-state index contributed by atoms with van der Waals surface area (Å²) in [5.74, 6) is -5.45. The van der Waals surface area contributed by atoms with Crippen molar-refractivity contribution in [3.05, 3.63) is 94.5 Å². The lowest BCUT2D eigenvalue weighted by atomic mass is 9.84. The Labute approximate surface area is 215 Å². The van der Waals surface area contributed by atoms with E-state index in [0.29, 0.717) is 11.3 Å². The molecule has 0 saturated heterocycles. The zero-order valence-electron chi connectivity index (χ0n) is 21.1. The predicted molar refractivity (Wildman–Crippen MR) is 139 cm³/mol. The van der Waals surface area contributed by atoms with Gasteiger partial charge in [0, 0.05) is 11.3 Å². The van der Waals surface area contributed by atoms with Crippen molar-refractivity contribution in [1.29, 1.82) is 0 Å². The Hall–Kier alpha value is -4.26. The van der Waals surface area contributed by atoms with Crippen LogP contribution in [0.1, 0.15) is 83.0 Å². The van der Waals surface area contributed by atoms with Gasteiger partial charge in [-0.05, 0) is 41.2 Å². The summed E-state index contributed by atoms with van der Waals surface area (Å²) in [6.07, 6.45) is -1.31. The number of fused-ring (bicyclic) bond motifs is 1. The van der Waals surface area contributed by atoms with Crippen LogP contribution in [-0.4, -0.2) is 28.5 Å². The third-order valence-corrected chi connectivity index (χ3v) is 6.59. The van der Waals surface area contributed by atoms with Crippen LogP contribution in [0.5, 0.6) is 5.75 Å². The molecule has 0 aromatic heterocycles. The van der Waals surface area contributed by atoms with E-state index in [2.05, 4.69) is 5.32 Å². The van der Waals surface area contributed by atoms with Gasteiger partial charge < -0.3 is 15.2 Å². The molecule has 2 atom stereocenters. The van der Waals surface area contributed by atoms with Gasteiger partial charge in [-0.2, -0.15) is 0 Å². The number of ether oxygens (including phenoxy) is 1. The second kappa shape index (κ2) is 10.4. The van der Waals surface area contributed by atoms with Crippen molar-refractivity contribution in [3.63, 3.8) is 0 Å². The summed E-state index contributed by atoms with van der Waals surface area (Å²) >= 11 is 0. The number of nitrogens with one attached hydrogen (secondary N) is 1. The lowest BCUT2D eigenvalue weighted by molar-refractivity contribution is -0.138. The molecular formula is C30H29NO6. The maximum atomic E-state index is 13.7. The summed E-state index contributed by atoms with van der Waals surface area (Å²) in [7, 11) is 0. The lowest BCUT2D eigenvalue weighted by Gasteiger charge is -2.23. The molecule has 37 heavy (non-hydrogen) atoms. The fourth-order valence-electron chi connectivity index (χ4n) is 4.68. The molecule has 3 aromatic carbocycles. The van der Waals surface area contributed by atoms with Gasteiger partial charge in [-0.1, -0.05) is 76.2 Å². The van der Waals surface area contributed by atoms with Gasteiger partial charge in [-0.25, -0.2) is 4.79 Å². The van der Waals surface area contributed by atoms with Gasteiger partial charge in [0.05, 0.1) is 11.1 Å². The fourth-order valence-corrected chi connectivity index (χ4v) is 4.68. The first-order valence-electron chi connectivity index (χ1n) is 12.2. The quantitative estimate of drug-likeness (QED) is 0.182. The Morgan fingerprint density at radius 2 is 1.43 bits per heavy atom. The van der Waals surface area contributed by atoms with Crippen LogP contribution >= 0.6 is 0 Å². The van der Waals surface area contributed by atoms with Crippen LogP contribution in [0.2, 0.25) is 0 Å². The van der Waals surface area contributed by atoms with E-state index in [-0.39, 0.29) is 28.7 Å². The molecule has 4 rings (SSSR count). The van der Waals surface area contributed by atoms with Crippen LogP contribution in [-0.2, 0) is 14.3 Å². The molecule has 1 heterocycles. The van der Waals surface area contributed by atoms with Crippen LogP contribution in [0.25, 0.3) is 0 Å². The van der Waals surface area contributed by atoms with Crippen LogP contribution < -0.4 is 5.32 Å². The Kier molecular flexibility index (Phi) is 7.25. The van der Waals surface area contributed by atoms with E-state index in [9.17, 15) is 24.3 Å². The largest absolute Gasteiger partial charge is 0.507 e. The van der Waals surface area contributed by atoms with Crippen molar-refractivity contribution in [2.75, 3.05) is 5.32 Å². The SMILES string of the molecule is CC(C)c1cccc(C(C)C)c1NC(=O)C(=O)[C@H](C(=O)c1ccccc1O)[C@H]1OC(=O)c2ccccc21. The van der Waals surface area contributed by atoms with Gasteiger partial charge in [0.25, 0.3) is 5.91 Å². The summed E-state index contributed by atoms with van der Waals surface area (Å²) in [5, 5.41) is 13.1. The summed E-state index contributed by atoms with van der Waals surface area (Å²) in [6, 6.07) is 17.9. The van der Waals surface area contributed by atoms with Gasteiger partial charge in [0.15, 0.2) is 5.78 Å². The van der Waals surface area contributed by atoms with E-state index in [1.165, 1.54) is 30.3 Å². The number of hydrogen-bond donors (Lipinski definition) is 2. The van der Waals surface area contributed by atoms with Gasteiger partial charge >= 0.3 is 5.97 Å². The Morgan fingerprint density at radius 3 is 2.05 bits per heavy atom. The van der Waals surface area contributed by atoms with E-state index < -0.39 is 35.5 Å². The topological polar surface area (TPSA) is 110 Å². The molecule has 0 fully saturated rings. The third kappa shape index (κ3) is 4.89. The van der Waals surface area contributed by atoms with Crippen molar-refractivity contribution < 1.29 is 29.0 Å². The van der Waals surface area contributed by atoms with Crippen LogP contribution in [0.4, 0.5) is 5.69 Å². The maximum absolute atomic E-state index is 13.7. The molecule has 3 aromatic rings. The Balaban J connectivity index is 1.77. The highest BCUT2D eigenvalue weighted by atomic mass is 16.5. The molecule has 0 aliphatic carbocycles. The molecule has 7 heteroatoms. The minimum atomic E-state index is -1.69. The highest BCUT2D eigenvalue weighted by molar-refractivity contribution is 6.45. The van der Waals surface area contributed by atoms with E-state index in [4.69, 9.17) is 4.74 Å². The number of aromatic hydroxyl groups is 1. The van der Waals surface area contributed by atoms with Gasteiger partial charge in [-0.3, -0.25) is 14.4 Å². The van der Waals surface area contributed by atoms with Crippen molar-refractivity contribution in [3.8, 4) is 5.75 Å². The number of cyclic esters (lactones) is 1. The van der Waals surface area contributed by atoms with Crippen molar-refractivity contribution in [2.24, 2.45) is 5.92 Å². The number of carbonyl (C=O) groups is 4. The summed E-state index contributed by atoms with van der Waals surface area (Å²) < 4.78 is 5.48. The lowest BCUT2D eigenvalue weighted by Crippen LogP contribution is -2.38. The summed E-state index contributed by atoms with van der Waals surface area (Å²) in [6.45, 7) is 7.93. The van der Waals surface area contributed by atoms with Gasteiger partial charge in [0.1, 0.15) is 17.8 Å². The number of hydrogen-bond acceptors (Lipinski definition) is 6. The number of benzene rings is 3. The zero-order valence-corrected chi connectivity index (χ0v) is 21.1. The highest BCUT2D eigenvalue weighted by Crippen LogP contribution is 2.39. The molecule has 1 aliphatic rings. The fraction of sp³-hybridized carbons (Fsp3) is 0.267. The monoisotopic (exact) mass is 499 g/mol. The maximum Gasteiger partial charge on any atom is 0.339 e. The number of anilines is 1. The average Bonchev–Trinajstić information content (AvgIpc) is 3.20. The molecule has 0 bridgehead atoms. The molecule has 0 unspecified atom stereocenters. The first kappa shape index (κ1) is 25.8. The van der Waals surface area contributed by atoms with Crippen LogP contribution in [0.15, 0.2) is 66.7 Å². The molecule has 0 saturated carbocycles. The molecular weight excluding hydrogens is 470 g/mol. The molecule has 2 N–H and O–H groups in total. The number of phenols is 1. The van der Waals surface area contributed by atoms with Gasteiger partial charge in [-0.15, -0.1) is 0 Å². The minimum Gasteiger partial charge on any atom is -0.507 e. The van der Waals surface area contributed by atoms with E-state index in [1.54, 1.807) is 18.2 Å². The smallest absolute Gasteiger partial charge is 0.339 e. The Morgan fingerprint density at radius 1 is 0.838 bits per heavy atom. The third-order valence-electron chi connectivity index (χ3n) is 6.59. The highest BCUT2D eigenvalue weighted by Gasteiger charge is 2.46. The average molecular weight is 500 g/mol. The summed E-state index contributed by atoms with van der Waals surface area (Å²) in [5.41, 5.74) is 2.67. The molecule has 0 spiro atoms. The minimum absolute atomic E-state index is 0.0606. The zero-order chi connectivity index (χ0) is 26.9. The number of amides is 1. The molecule has 1 aliphatic heterocycles. The first-order chi connectivity index (χ1) is 17.6. The van der Waals surface area contributed by atoms with Crippen molar-refractivity contribution in [1.82, 2.24) is 0 Å². The predicted octanol–water partition coefficient (Wildman–Crippen LogP) is 5.56. The molecule has 1 amide bonds. The normalized spacial score (nSPS) is 15.3. The molecule has 0 radical (unpaired) electrons. The second-order valence-electron chi connectivity index (χ2n) is 9.71. The van der Waals surface area contributed by atoms with Crippen molar-refractivity contribution >= 4 is 29.1 Å². The number of para-hydroxylation sites is 2. The molecule has 190 valence electrons. The molecule has 7 nitrogen and oxygen atoms in total. The number of esters is 1. The summed E-state index contributed by atoms with van der Waals surface area (Å²) in [4.78, 5) is 53.4. The number of carbonyl (C=O) groups excluding carboxylic acids is 4. The Bertz CT molecular complexity index is 1360. The van der Waals surface area contributed by atoms with E-state index >= 15 is 0 Å². The number of rotatable bonds is 8. The first-order valence-corrected chi connectivity index (χ1v) is 12.2. The number of Topliss-reactive ketones (excluding diaryl/α,β-unsaturated/α-hetero) is 2. The standard InChI is InChI=1S/C30H29NO6/c1-16(2)18-13-9-14-19(17(3)4)25(18)31-29(35)27(34)24(26(33)22-12-7-8-15-23(22)32)28-20-10-5-6-11-21(20)30(36)37-28/h5-17,24,28,32H,1-4H3,(H,31,35)/t24-,28-/m0/s1. The number of phenolic OH excluding ortho intramolecular Hbond substituents is 1.